The van der Waals surface area contributed by atoms with Crippen molar-refractivity contribution in [3.8, 4) is 23.3 Å². The van der Waals surface area contributed by atoms with Gasteiger partial charge < -0.3 is 18.9 Å². The number of carbonyl (C=O) groups is 2. The molecule has 0 aromatic heterocycles. The number of hydrogen-bond donors (Lipinski definition) is 0. The highest BCUT2D eigenvalue weighted by Gasteiger charge is 2.25. The minimum atomic E-state index is -1.63. The van der Waals surface area contributed by atoms with Crippen LogP contribution in [0.2, 0.25) is 0 Å². The topological polar surface area (TPSA) is 71.1 Å². The van der Waals surface area contributed by atoms with E-state index in [9.17, 15) is 35.9 Å². The standard InChI is InChI=1S/C20H12F6O6/c1-29-17-13(23)9(7-11(21)15(17)25)19(27)31-5-3-4-6-32-20(28)10-8-12(22)16(26)18(30-2)14(10)24/h7-8H,5-6H2,1-2H3. The van der Waals surface area contributed by atoms with Gasteiger partial charge in [-0.1, -0.05) is 11.8 Å². The molecular formula is C20H12F6O6. The summed E-state index contributed by atoms with van der Waals surface area (Å²) in [4.78, 5) is 23.6. The molecule has 6 nitrogen and oxygen atoms in total. The van der Waals surface area contributed by atoms with Gasteiger partial charge in [0.1, 0.15) is 11.1 Å². The molecule has 2 aromatic rings. The normalized spacial score (nSPS) is 10.1. The maximum absolute atomic E-state index is 14.0. The maximum Gasteiger partial charge on any atom is 0.342 e. The lowest BCUT2D eigenvalue weighted by Crippen LogP contribution is -2.12. The Bertz CT molecular complexity index is 1040. The summed E-state index contributed by atoms with van der Waals surface area (Å²) < 4.78 is 99.3. The third-order valence-electron chi connectivity index (χ3n) is 3.76. The van der Waals surface area contributed by atoms with E-state index < -0.39 is 82.7 Å². The molecule has 0 fully saturated rings. The van der Waals surface area contributed by atoms with Crippen molar-refractivity contribution in [2.45, 2.75) is 0 Å². The molecule has 0 aliphatic rings. The predicted molar refractivity (Wildman–Crippen MR) is 94.1 cm³/mol. The average Bonchev–Trinajstić information content (AvgIpc) is 2.76. The highest BCUT2D eigenvalue weighted by molar-refractivity contribution is 5.91. The summed E-state index contributed by atoms with van der Waals surface area (Å²) in [6.07, 6.45) is 0. The second-order valence-corrected chi connectivity index (χ2v) is 5.64. The number of rotatable bonds is 6. The molecule has 0 N–H and O–H groups in total. The third kappa shape index (κ3) is 5.05. The molecule has 0 aliphatic heterocycles. The van der Waals surface area contributed by atoms with E-state index in [0.29, 0.717) is 0 Å². The van der Waals surface area contributed by atoms with Gasteiger partial charge in [-0.05, 0) is 12.1 Å². The van der Waals surface area contributed by atoms with Gasteiger partial charge in [-0.15, -0.1) is 0 Å². The molecule has 0 atom stereocenters. The summed E-state index contributed by atoms with van der Waals surface area (Å²) in [5.74, 6) is -9.96. The van der Waals surface area contributed by atoms with E-state index in [1.807, 2.05) is 0 Å². The molecule has 32 heavy (non-hydrogen) atoms. The first-order valence-corrected chi connectivity index (χ1v) is 8.36. The fourth-order valence-corrected chi connectivity index (χ4v) is 2.28. The zero-order valence-corrected chi connectivity index (χ0v) is 16.3. The van der Waals surface area contributed by atoms with Crippen molar-refractivity contribution in [3.63, 3.8) is 0 Å². The Hall–Kier alpha value is -3.88. The molecule has 0 amide bonds. The Labute approximate surface area is 176 Å². The Balaban J connectivity index is 1.97. The van der Waals surface area contributed by atoms with Crippen LogP contribution in [0.4, 0.5) is 26.3 Å². The molecule has 2 rings (SSSR count). The minimum absolute atomic E-state index is 0.273. The van der Waals surface area contributed by atoms with Crippen LogP contribution >= 0.6 is 0 Å². The van der Waals surface area contributed by atoms with Gasteiger partial charge in [0.2, 0.25) is 11.6 Å². The van der Waals surface area contributed by atoms with Crippen LogP contribution in [0, 0.1) is 46.7 Å². The van der Waals surface area contributed by atoms with E-state index in [2.05, 4.69) is 30.8 Å². The molecule has 0 heterocycles. The van der Waals surface area contributed by atoms with Crippen LogP contribution in [0.15, 0.2) is 12.1 Å². The summed E-state index contributed by atoms with van der Waals surface area (Å²) in [6, 6.07) is 0.546. The number of methoxy groups -OCH3 is 2. The Kier molecular flexibility index (Phi) is 7.95. The van der Waals surface area contributed by atoms with Crippen molar-refractivity contribution in [2.24, 2.45) is 0 Å². The van der Waals surface area contributed by atoms with E-state index in [-0.39, 0.29) is 12.1 Å². The van der Waals surface area contributed by atoms with Crippen molar-refractivity contribution in [2.75, 3.05) is 27.4 Å². The molecule has 0 saturated heterocycles. The van der Waals surface area contributed by atoms with E-state index in [1.54, 1.807) is 0 Å². The van der Waals surface area contributed by atoms with Gasteiger partial charge in [-0.25, -0.2) is 27.2 Å². The first kappa shape index (κ1) is 24.4. The van der Waals surface area contributed by atoms with Gasteiger partial charge >= 0.3 is 11.9 Å². The number of halogens is 6. The number of ether oxygens (including phenoxy) is 4. The minimum Gasteiger partial charge on any atom is -0.491 e. The lowest BCUT2D eigenvalue weighted by atomic mass is 10.2. The second kappa shape index (κ2) is 10.4. The van der Waals surface area contributed by atoms with Crippen molar-refractivity contribution >= 4 is 11.9 Å². The molecule has 0 bridgehead atoms. The Morgan fingerprint density at radius 2 is 1.03 bits per heavy atom. The summed E-state index contributed by atoms with van der Waals surface area (Å²) in [5, 5.41) is 0. The molecule has 2 aromatic carbocycles. The molecule has 0 unspecified atom stereocenters. The highest BCUT2D eigenvalue weighted by atomic mass is 19.2. The number of carbonyl (C=O) groups excluding carboxylic acids is 2. The lowest BCUT2D eigenvalue weighted by molar-refractivity contribution is 0.0532. The fourth-order valence-electron chi connectivity index (χ4n) is 2.28. The van der Waals surface area contributed by atoms with Crippen LogP contribution in [-0.4, -0.2) is 39.4 Å². The molecule has 170 valence electrons. The smallest absolute Gasteiger partial charge is 0.342 e. The molecule has 0 radical (unpaired) electrons. The highest BCUT2D eigenvalue weighted by Crippen LogP contribution is 2.28. The van der Waals surface area contributed by atoms with E-state index in [1.165, 1.54) is 0 Å². The molecule has 12 heteroatoms. The maximum atomic E-state index is 14.0. The quantitative estimate of drug-likeness (QED) is 0.283. The molecule has 0 aliphatic carbocycles. The number of esters is 2. The van der Waals surface area contributed by atoms with Crippen LogP contribution in [0.1, 0.15) is 20.7 Å². The van der Waals surface area contributed by atoms with Crippen LogP contribution in [0.25, 0.3) is 0 Å². The second-order valence-electron chi connectivity index (χ2n) is 5.64. The number of benzene rings is 2. The van der Waals surface area contributed by atoms with Gasteiger partial charge in [0, 0.05) is 0 Å². The van der Waals surface area contributed by atoms with Crippen LogP contribution in [0.5, 0.6) is 11.5 Å². The SMILES string of the molecule is COc1c(F)c(F)cc(C(=O)OCC#CCOC(=O)c2cc(F)c(F)c(OC)c2F)c1F. The Morgan fingerprint density at radius 1 is 0.688 bits per heavy atom. The summed E-state index contributed by atoms with van der Waals surface area (Å²) in [6.45, 7) is -1.35. The van der Waals surface area contributed by atoms with Gasteiger partial charge in [0.15, 0.2) is 48.0 Å². The third-order valence-corrected chi connectivity index (χ3v) is 3.76. The van der Waals surface area contributed by atoms with Gasteiger partial charge in [-0.2, -0.15) is 8.78 Å². The van der Waals surface area contributed by atoms with Crippen LogP contribution in [0.3, 0.4) is 0 Å². The summed E-state index contributed by atoms with van der Waals surface area (Å²) >= 11 is 0. The zero-order chi connectivity index (χ0) is 24.0. The van der Waals surface area contributed by atoms with Crippen molar-refractivity contribution in [1.82, 2.24) is 0 Å². The summed E-state index contributed by atoms with van der Waals surface area (Å²) in [5.41, 5.74) is -1.89. The number of hydrogen-bond acceptors (Lipinski definition) is 6. The van der Waals surface area contributed by atoms with Crippen molar-refractivity contribution in [1.29, 1.82) is 0 Å². The van der Waals surface area contributed by atoms with Crippen LogP contribution < -0.4 is 9.47 Å². The summed E-state index contributed by atoms with van der Waals surface area (Å²) in [7, 11) is 1.73. The van der Waals surface area contributed by atoms with E-state index >= 15 is 0 Å². The van der Waals surface area contributed by atoms with Gasteiger partial charge in [0.25, 0.3) is 0 Å². The van der Waals surface area contributed by atoms with Crippen molar-refractivity contribution in [3.05, 3.63) is 58.2 Å². The molecular weight excluding hydrogens is 450 g/mol. The van der Waals surface area contributed by atoms with Gasteiger partial charge in [-0.3, -0.25) is 0 Å². The van der Waals surface area contributed by atoms with Gasteiger partial charge in [0.05, 0.1) is 14.2 Å². The zero-order valence-electron chi connectivity index (χ0n) is 16.3. The first-order chi connectivity index (χ1) is 15.1. The molecule has 0 saturated carbocycles. The van der Waals surface area contributed by atoms with E-state index in [0.717, 1.165) is 14.2 Å². The lowest BCUT2D eigenvalue weighted by Gasteiger charge is -2.08. The van der Waals surface area contributed by atoms with Crippen molar-refractivity contribution < 1.29 is 54.9 Å². The largest absolute Gasteiger partial charge is 0.491 e. The first-order valence-electron chi connectivity index (χ1n) is 8.36. The molecule has 0 spiro atoms. The predicted octanol–water partition coefficient (Wildman–Crippen LogP) is 3.56. The monoisotopic (exact) mass is 462 g/mol. The van der Waals surface area contributed by atoms with Crippen LogP contribution in [-0.2, 0) is 9.47 Å². The fraction of sp³-hybridized carbons (Fsp3) is 0.200. The van der Waals surface area contributed by atoms with E-state index in [4.69, 9.17) is 0 Å². The average molecular weight is 462 g/mol. The Morgan fingerprint density at radius 3 is 1.34 bits per heavy atom.